The second kappa shape index (κ2) is 18.7. The van der Waals surface area contributed by atoms with Crippen molar-refractivity contribution in [1.82, 2.24) is 0 Å². The van der Waals surface area contributed by atoms with Crippen LogP contribution in [0.25, 0.3) is 0 Å². The molecule has 31 heavy (non-hydrogen) atoms. The molecule has 2 aromatic carbocycles. The molecule has 6 heteroatoms. The van der Waals surface area contributed by atoms with Crippen LogP contribution in [0.2, 0.25) is 13.1 Å². The number of allylic oxidation sites excluding steroid dienone is 8. The summed E-state index contributed by atoms with van der Waals surface area (Å²) in [5, 5.41) is 17.2. The van der Waals surface area contributed by atoms with Crippen LogP contribution in [0.4, 0.5) is 8.78 Å². The third-order valence-corrected chi connectivity index (χ3v) is 3.11. The molecule has 0 aliphatic heterocycles. The summed E-state index contributed by atoms with van der Waals surface area (Å²) < 4.78 is 24.0. The van der Waals surface area contributed by atoms with Crippen LogP contribution in [-0.2, 0) is 23.3 Å². The molecule has 0 fully saturated rings. The molecule has 0 amide bonds. The van der Waals surface area contributed by atoms with Crippen LogP contribution in [-0.4, -0.2) is 15.6 Å². The van der Waals surface area contributed by atoms with Crippen molar-refractivity contribution in [3.8, 4) is 11.5 Å². The Kier molecular flexibility index (Phi) is 17.5. The van der Waals surface area contributed by atoms with E-state index in [0.29, 0.717) is 0 Å². The molecular formula is C25H28F2O2SiZr. The molecule has 162 valence electrons. The van der Waals surface area contributed by atoms with Gasteiger partial charge in [-0.3, -0.25) is 12.2 Å². The summed E-state index contributed by atoms with van der Waals surface area (Å²) >= 11 is 1.74. The van der Waals surface area contributed by atoms with E-state index in [9.17, 15) is 8.78 Å². The van der Waals surface area contributed by atoms with Gasteiger partial charge in [0, 0.05) is 0 Å². The van der Waals surface area contributed by atoms with Crippen LogP contribution in [0.15, 0.2) is 84.5 Å². The minimum Gasteiger partial charge on any atom is -0.508 e. The average molecular weight is 518 g/mol. The Bertz CT molecular complexity index is 769. The van der Waals surface area contributed by atoms with Crippen LogP contribution in [0, 0.1) is 23.8 Å². The van der Waals surface area contributed by atoms with E-state index < -0.39 is 0 Å². The van der Waals surface area contributed by atoms with E-state index in [4.69, 9.17) is 10.2 Å². The summed E-state index contributed by atoms with van der Waals surface area (Å²) in [6.07, 6.45) is 18.2. The maximum absolute atomic E-state index is 12.0. The van der Waals surface area contributed by atoms with Gasteiger partial charge >= 0.3 is 41.9 Å². The molecule has 0 aromatic heterocycles. The molecule has 0 heterocycles. The van der Waals surface area contributed by atoms with Gasteiger partial charge in [-0.05, 0) is 48.5 Å². The van der Waals surface area contributed by atoms with E-state index in [2.05, 4.69) is 44.3 Å². The van der Waals surface area contributed by atoms with E-state index >= 15 is 0 Å². The largest absolute Gasteiger partial charge is 0.508 e. The molecular weight excluding hydrogens is 490 g/mol. The van der Waals surface area contributed by atoms with Crippen molar-refractivity contribution >= 4 is 5.43 Å². The van der Waals surface area contributed by atoms with E-state index in [1.165, 1.54) is 54.1 Å². The molecule has 2 aliphatic carbocycles. The number of hydrogen-bond donors (Lipinski definition) is 2. The summed E-state index contributed by atoms with van der Waals surface area (Å²) in [6.45, 7) is 6.70. The van der Waals surface area contributed by atoms with Crippen LogP contribution >= 0.6 is 0 Å². The zero-order chi connectivity index (χ0) is 23.5. The van der Waals surface area contributed by atoms with E-state index in [1.807, 2.05) is 18.2 Å². The summed E-state index contributed by atoms with van der Waals surface area (Å²) in [5.41, 5.74) is 1.55. The van der Waals surface area contributed by atoms with Gasteiger partial charge < -0.3 is 10.2 Å². The summed E-state index contributed by atoms with van der Waals surface area (Å²) in [7, 11) is 0. The van der Waals surface area contributed by atoms with Gasteiger partial charge in [0.2, 0.25) is 0 Å². The predicted octanol–water partition coefficient (Wildman–Crippen LogP) is 6.85. The Hall–Kier alpha value is -2.04. The van der Waals surface area contributed by atoms with Gasteiger partial charge in [-0.1, -0.05) is 0 Å². The fourth-order valence-corrected chi connectivity index (χ4v) is 1.72. The molecule has 0 saturated carbocycles. The van der Waals surface area contributed by atoms with Crippen molar-refractivity contribution in [1.29, 1.82) is 0 Å². The molecule has 0 unspecified atom stereocenters. The third-order valence-electron chi connectivity index (χ3n) is 3.11. The zero-order valence-electron chi connectivity index (χ0n) is 18.1. The molecule has 2 nitrogen and oxygen atoms in total. The van der Waals surface area contributed by atoms with Gasteiger partial charge in [0.25, 0.3) is 0 Å². The Labute approximate surface area is 199 Å². The zero-order valence-corrected chi connectivity index (χ0v) is 21.5. The number of hydrogen-bond acceptors (Lipinski definition) is 2. The van der Waals surface area contributed by atoms with E-state index in [-0.39, 0.29) is 28.6 Å². The monoisotopic (exact) mass is 516 g/mol. The number of halogens is 2. The third kappa shape index (κ3) is 21.0. The van der Waals surface area contributed by atoms with Gasteiger partial charge in [-0.15, -0.1) is 19.8 Å². The van der Waals surface area contributed by atoms with Gasteiger partial charge in [0.05, 0.1) is 0 Å². The number of rotatable bonds is 0. The Morgan fingerprint density at radius 1 is 0.839 bits per heavy atom. The van der Waals surface area contributed by atoms with Crippen molar-refractivity contribution < 1.29 is 42.3 Å². The smallest absolute Gasteiger partial charge is 0.123 e. The fourth-order valence-electron chi connectivity index (χ4n) is 1.72. The molecule has 2 N–H and O–H groups in total. The molecule has 0 spiro atoms. The fraction of sp³-hybridized carbons (Fsp3) is 0.200. The van der Waals surface area contributed by atoms with Crippen molar-refractivity contribution in [2.75, 3.05) is 0 Å². The van der Waals surface area contributed by atoms with E-state index in [0.717, 1.165) is 12.8 Å². The quantitative estimate of drug-likeness (QED) is 0.296. The predicted molar refractivity (Wildman–Crippen MR) is 121 cm³/mol. The molecule has 2 aliphatic rings. The molecule has 0 radical (unpaired) electrons. The maximum Gasteiger partial charge on any atom is 0.123 e. The average Bonchev–Trinajstić information content (AvgIpc) is 3.44. The van der Waals surface area contributed by atoms with Gasteiger partial charge in [-0.25, -0.2) is 32.6 Å². The Balaban J connectivity index is 0.000000372. The van der Waals surface area contributed by atoms with Crippen LogP contribution in [0.5, 0.6) is 11.5 Å². The topological polar surface area (TPSA) is 40.5 Å². The van der Waals surface area contributed by atoms with Gasteiger partial charge in [0.1, 0.15) is 23.1 Å². The van der Waals surface area contributed by atoms with E-state index in [1.54, 1.807) is 23.3 Å². The van der Waals surface area contributed by atoms with Crippen molar-refractivity contribution in [3.05, 3.63) is 108 Å². The molecule has 4 rings (SSSR count). The number of benzene rings is 2. The van der Waals surface area contributed by atoms with Crippen molar-refractivity contribution in [3.63, 3.8) is 0 Å². The summed E-state index contributed by atoms with van der Waals surface area (Å²) in [6, 6.07) is 10.0. The maximum atomic E-state index is 12.0. The molecule has 0 saturated heterocycles. The second-order valence-corrected chi connectivity index (χ2v) is 15.8. The van der Waals surface area contributed by atoms with Gasteiger partial charge in [-0.2, -0.15) is 12.2 Å². The minimum atomic E-state index is -0.331. The molecule has 0 bridgehead atoms. The number of aromatic hydroxyl groups is 2. The first kappa shape index (κ1) is 29.0. The van der Waals surface area contributed by atoms with Crippen LogP contribution in [0.1, 0.15) is 19.8 Å². The standard InChI is InChI=1S/2C6H5FO.C6H7.C5H5.C2H6Si.Zr/c2*7-5-1-3-6(8)4-2-5;1-6-4-2-3-5-6;1-2-4-5-3-1;1-3-2;/h2*1-4,8H;4-5H,2H2,1H3;1-3H,4H2;1-2H3;/q;;2*-1;;+2. The number of phenols is 2. The summed E-state index contributed by atoms with van der Waals surface area (Å²) in [5.74, 6) is -0.483. The second-order valence-electron chi connectivity index (χ2n) is 6.46. The first-order valence-corrected chi connectivity index (χ1v) is 15.7. The normalized spacial score (nSPS) is 12.0. The van der Waals surface area contributed by atoms with Crippen molar-refractivity contribution in [2.45, 2.75) is 32.9 Å². The first-order chi connectivity index (χ1) is 14.7. The SMILES string of the molecule is CC1=CC[C-]=C1.C[Si](C)=[Zr+2].Oc1ccc(F)cc1.Oc1ccc(F)cc1.[C-]1=CC=CC1. The molecule has 2 aromatic rings. The summed E-state index contributed by atoms with van der Waals surface area (Å²) in [4.78, 5) is 0. The Morgan fingerprint density at radius 2 is 1.29 bits per heavy atom. The first-order valence-electron chi connectivity index (χ1n) is 9.56. The number of phenolic OH excluding ortho intramolecular Hbond substituents is 2. The minimum absolute atomic E-state index is 0.0893. The Morgan fingerprint density at radius 3 is 1.45 bits per heavy atom. The van der Waals surface area contributed by atoms with Crippen molar-refractivity contribution in [2.24, 2.45) is 0 Å². The van der Waals surface area contributed by atoms with Gasteiger partial charge in [0.15, 0.2) is 0 Å². The van der Waals surface area contributed by atoms with Crippen LogP contribution in [0.3, 0.4) is 0 Å². The van der Waals surface area contributed by atoms with Crippen LogP contribution < -0.4 is 0 Å². The molecule has 0 atom stereocenters.